The average molecular weight is 295 g/mol. The van der Waals surface area contributed by atoms with Crippen LogP contribution in [0.4, 0.5) is 0 Å². The highest BCUT2D eigenvalue weighted by Crippen LogP contribution is 2.19. The molecule has 88 valence electrons. The van der Waals surface area contributed by atoms with E-state index >= 15 is 0 Å². The van der Waals surface area contributed by atoms with Gasteiger partial charge in [-0.25, -0.2) is 9.67 Å². The quantitative estimate of drug-likeness (QED) is 0.917. The molecule has 0 unspecified atom stereocenters. The molecule has 2 heterocycles. The van der Waals surface area contributed by atoms with Crippen molar-refractivity contribution in [2.24, 2.45) is 0 Å². The molecule has 2 rings (SSSR count). The number of amides is 1. The van der Waals surface area contributed by atoms with Gasteiger partial charge >= 0.3 is 0 Å². The van der Waals surface area contributed by atoms with Gasteiger partial charge < -0.3 is 5.32 Å². The Labute approximate surface area is 107 Å². The van der Waals surface area contributed by atoms with Gasteiger partial charge in [0.2, 0.25) is 0 Å². The van der Waals surface area contributed by atoms with Crippen molar-refractivity contribution in [2.45, 2.75) is 6.92 Å². The van der Waals surface area contributed by atoms with Gasteiger partial charge in [-0.2, -0.15) is 5.10 Å². The van der Waals surface area contributed by atoms with Gasteiger partial charge in [0, 0.05) is 19.4 Å². The fourth-order valence-electron chi connectivity index (χ4n) is 1.39. The summed E-state index contributed by atoms with van der Waals surface area (Å²) in [6.07, 6.45) is 3.45. The second-order valence-electron chi connectivity index (χ2n) is 3.54. The molecule has 0 aliphatic heterocycles. The Kier molecular flexibility index (Phi) is 3.23. The maximum atomic E-state index is 11.4. The van der Waals surface area contributed by atoms with Gasteiger partial charge in [-0.1, -0.05) is 0 Å². The predicted octanol–water partition coefficient (Wildman–Crippen LogP) is 1.70. The zero-order valence-electron chi connectivity index (χ0n) is 9.44. The molecular weight excluding hydrogens is 284 g/mol. The third-order valence-corrected chi connectivity index (χ3v) is 2.81. The van der Waals surface area contributed by atoms with Crippen LogP contribution < -0.4 is 5.32 Å². The fraction of sp³-hybridized carbons (Fsp3) is 0.182. The molecular formula is C11H11BrN4O. The van der Waals surface area contributed by atoms with Crippen LogP contribution >= 0.6 is 15.9 Å². The molecule has 0 aliphatic carbocycles. The topological polar surface area (TPSA) is 59.8 Å². The van der Waals surface area contributed by atoms with Crippen molar-refractivity contribution in [1.29, 1.82) is 0 Å². The molecule has 6 heteroatoms. The first-order valence-corrected chi connectivity index (χ1v) is 5.81. The summed E-state index contributed by atoms with van der Waals surface area (Å²) in [5.41, 5.74) is 1.42. The van der Waals surface area contributed by atoms with Gasteiger partial charge in [-0.15, -0.1) is 0 Å². The zero-order chi connectivity index (χ0) is 12.4. The Morgan fingerprint density at radius 1 is 1.53 bits per heavy atom. The van der Waals surface area contributed by atoms with Crippen LogP contribution in [0.3, 0.4) is 0 Å². The van der Waals surface area contributed by atoms with Crippen LogP contribution in [-0.4, -0.2) is 27.7 Å². The summed E-state index contributed by atoms with van der Waals surface area (Å²) in [4.78, 5) is 15.6. The molecule has 2 aromatic heterocycles. The summed E-state index contributed by atoms with van der Waals surface area (Å²) in [7, 11) is 1.57. The number of halogens is 1. The maximum absolute atomic E-state index is 11.4. The predicted molar refractivity (Wildman–Crippen MR) is 67.2 cm³/mol. The standard InChI is InChI=1S/C11H11BrN4O/c1-7-5-8(12)10(14-6-7)16-4-3-9(15-16)11(17)13-2/h3-6H,1-2H3,(H,13,17). The summed E-state index contributed by atoms with van der Waals surface area (Å²) in [5, 5.41) is 6.68. The van der Waals surface area contributed by atoms with Crippen molar-refractivity contribution in [3.63, 3.8) is 0 Å². The normalized spacial score (nSPS) is 10.3. The Morgan fingerprint density at radius 2 is 2.29 bits per heavy atom. The Bertz CT molecular complexity index is 564. The first kappa shape index (κ1) is 11.8. The first-order chi connectivity index (χ1) is 8.11. The number of pyridine rings is 1. The number of hydrogen-bond acceptors (Lipinski definition) is 3. The van der Waals surface area contributed by atoms with Crippen LogP contribution in [0.15, 0.2) is 29.0 Å². The number of nitrogens with zero attached hydrogens (tertiary/aromatic N) is 3. The van der Waals surface area contributed by atoms with Crippen molar-refractivity contribution in [3.8, 4) is 5.82 Å². The lowest BCUT2D eigenvalue weighted by Crippen LogP contribution is -2.18. The van der Waals surface area contributed by atoms with Crippen molar-refractivity contribution >= 4 is 21.8 Å². The van der Waals surface area contributed by atoms with Gasteiger partial charge in [-0.3, -0.25) is 4.79 Å². The maximum Gasteiger partial charge on any atom is 0.271 e. The number of rotatable bonds is 2. The van der Waals surface area contributed by atoms with E-state index in [4.69, 9.17) is 0 Å². The molecule has 1 N–H and O–H groups in total. The van der Waals surface area contributed by atoms with Gasteiger partial charge in [0.05, 0.1) is 4.47 Å². The molecule has 0 aromatic carbocycles. The van der Waals surface area contributed by atoms with Crippen molar-refractivity contribution < 1.29 is 4.79 Å². The highest BCUT2D eigenvalue weighted by atomic mass is 79.9. The number of nitrogens with one attached hydrogen (secondary N) is 1. The minimum absolute atomic E-state index is 0.216. The number of hydrogen-bond donors (Lipinski definition) is 1. The zero-order valence-corrected chi connectivity index (χ0v) is 11.0. The highest BCUT2D eigenvalue weighted by molar-refractivity contribution is 9.10. The van der Waals surface area contributed by atoms with Crippen molar-refractivity contribution in [2.75, 3.05) is 7.05 Å². The SMILES string of the molecule is CNC(=O)c1ccn(-c2ncc(C)cc2Br)n1. The van der Waals surface area contributed by atoms with E-state index in [1.165, 1.54) is 0 Å². The molecule has 1 amide bonds. The van der Waals surface area contributed by atoms with E-state index in [0.29, 0.717) is 11.5 Å². The molecule has 17 heavy (non-hydrogen) atoms. The number of aryl methyl sites for hydroxylation is 1. The first-order valence-electron chi connectivity index (χ1n) is 5.02. The van der Waals surface area contributed by atoms with Crippen LogP contribution in [0.2, 0.25) is 0 Å². The van der Waals surface area contributed by atoms with Crippen molar-refractivity contribution in [3.05, 3.63) is 40.3 Å². The van der Waals surface area contributed by atoms with E-state index in [1.807, 2.05) is 13.0 Å². The van der Waals surface area contributed by atoms with Crippen LogP contribution in [0.25, 0.3) is 5.82 Å². The minimum atomic E-state index is -0.216. The second kappa shape index (κ2) is 4.67. The third-order valence-electron chi connectivity index (χ3n) is 2.22. The summed E-state index contributed by atoms with van der Waals surface area (Å²) in [5.74, 6) is 0.442. The number of carbonyl (C=O) groups excluding carboxylic acids is 1. The monoisotopic (exact) mass is 294 g/mol. The molecule has 0 bridgehead atoms. The van der Waals surface area contributed by atoms with Crippen LogP contribution in [0.5, 0.6) is 0 Å². The summed E-state index contributed by atoms with van der Waals surface area (Å²) < 4.78 is 2.40. The molecule has 2 aromatic rings. The highest BCUT2D eigenvalue weighted by Gasteiger charge is 2.10. The number of aromatic nitrogens is 3. The fourth-order valence-corrected chi connectivity index (χ4v) is 2.03. The van der Waals surface area contributed by atoms with E-state index in [9.17, 15) is 4.79 Å². The second-order valence-corrected chi connectivity index (χ2v) is 4.40. The van der Waals surface area contributed by atoms with Crippen LogP contribution in [-0.2, 0) is 0 Å². The molecule has 0 saturated carbocycles. The Morgan fingerprint density at radius 3 is 2.94 bits per heavy atom. The van der Waals surface area contributed by atoms with Crippen LogP contribution in [0.1, 0.15) is 16.1 Å². The van der Waals surface area contributed by atoms with Crippen molar-refractivity contribution in [1.82, 2.24) is 20.1 Å². The lowest BCUT2D eigenvalue weighted by molar-refractivity contribution is 0.0957. The molecule has 0 spiro atoms. The molecule has 5 nitrogen and oxygen atoms in total. The summed E-state index contributed by atoms with van der Waals surface area (Å²) in [6, 6.07) is 3.59. The molecule has 0 aliphatic rings. The lowest BCUT2D eigenvalue weighted by Gasteiger charge is -2.03. The van der Waals surface area contributed by atoms with E-state index in [-0.39, 0.29) is 5.91 Å². The average Bonchev–Trinajstić information content (AvgIpc) is 2.77. The smallest absolute Gasteiger partial charge is 0.271 e. The molecule has 0 fully saturated rings. The van der Waals surface area contributed by atoms with E-state index in [0.717, 1.165) is 10.0 Å². The van der Waals surface area contributed by atoms with Crippen LogP contribution in [0, 0.1) is 6.92 Å². The molecule has 0 saturated heterocycles. The summed E-state index contributed by atoms with van der Waals surface area (Å²) >= 11 is 3.42. The van der Waals surface area contributed by atoms with E-state index in [2.05, 4.69) is 31.3 Å². The Balaban J connectivity index is 2.40. The largest absolute Gasteiger partial charge is 0.354 e. The molecule has 0 radical (unpaired) electrons. The molecule has 0 atom stereocenters. The summed E-state index contributed by atoms with van der Waals surface area (Å²) in [6.45, 7) is 1.96. The number of carbonyl (C=O) groups is 1. The van der Waals surface area contributed by atoms with Gasteiger partial charge in [0.25, 0.3) is 5.91 Å². The van der Waals surface area contributed by atoms with E-state index < -0.39 is 0 Å². The van der Waals surface area contributed by atoms with E-state index in [1.54, 1.807) is 30.2 Å². The van der Waals surface area contributed by atoms with Gasteiger partial charge in [0.15, 0.2) is 11.5 Å². The van der Waals surface area contributed by atoms with Gasteiger partial charge in [-0.05, 0) is 40.5 Å². The minimum Gasteiger partial charge on any atom is -0.354 e. The third kappa shape index (κ3) is 2.36. The Hall–Kier alpha value is -1.69. The van der Waals surface area contributed by atoms with Gasteiger partial charge in [0.1, 0.15) is 0 Å². The lowest BCUT2D eigenvalue weighted by atomic mass is 10.3.